The molecule has 196 valence electrons. The van der Waals surface area contributed by atoms with E-state index in [1.165, 1.54) is 6.33 Å². The first-order valence-electron chi connectivity index (χ1n) is 13.0. The van der Waals surface area contributed by atoms with Crippen molar-refractivity contribution in [2.24, 2.45) is 0 Å². The van der Waals surface area contributed by atoms with Crippen LogP contribution in [-0.2, 0) is 15.0 Å². The molecular formula is C26H40N8O2. The van der Waals surface area contributed by atoms with Gasteiger partial charge in [0.15, 0.2) is 5.82 Å². The molecule has 2 fully saturated rings. The zero-order valence-corrected chi connectivity index (χ0v) is 22.6. The maximum absolute atomic E-state index is 13.6. The summed E-state index contributed by atoms with van der Waals surface area (Å²) in [5.74, 6) is 1.24. The average Bonchev–Trinajstić information content (AvgIpc) is 3.17. The number of anilines is 1. The highest BCUT2D eigenvalue weighted by molar-refractivity contribution is 5.91. The fourth-order valence-corrected chi connectivity index (χ4v) is 5.36. The molecule has 1 saturated carbocycles. The SMILES string of the molecule is CC(=O)N[C@@H]1CC(N(C)C(C)C)CC[C@@H]1N1CC[C@H](Nc2ncnc3cnc(C(C)(C)C)nc23)C1=O. The monoisotopic (exact) mass is 496 g/mol. The second kappa shape index (κ2) is 10.2. The predicted octanol–water partition coefficient (Wildman–Crippen LogP) is 2.50. The number of fused-ring (bicyclic) bond motifs is 1. The van der Waals surface area contributed by atoms with Gasteiger partial charge < -0.3 is 20.4 Å². The van der Waals surface area contributed by atoms with E-state index in [1.807, 2.05) is 4.90 Å². The third-order valence-corrected chi connectivity index (χ3v) is 7.56. The van der Waals surface area contributed by atoms with Gasteiger partial charge in [0.05, 0.1) is 18.3 Å². The number of nitrogens with zero attached hydrogens (tertiary/aromatic N) is 6. The number of amides is 2. The van der Waals surface area contributed by atoms with Gasteiger partial charge in [-0.1, -0.05) is 20.8 Å². The molecule has 2 aromatic rings. The van der Waals surface area contributed by atoms with Gasteiger partial charge >= 0.3 is 0 Å². The van der Waals surface area contributed by atoms with Crippen molar-refractivity contribution in [2.45, 2.75) is 103 Å². The number of likely N-dealkylation sites (tertiary alicyclic amines) is 1. The van der Waals surface area contributed by atoms with Crippen molar-refractivity contribution < 1.29 is 9.59 Å². The van der Waals surface area contributed by atoms with Crippen molar-refractivity contribution in [3.8, 4) is 0 Å². The Bertz CT molecular complexity index is 1110. The molecule has 4 atom stereocenters. The van der Waals surface area contributed by atoms with Crippen LogP contribution in [0, 0.1) is 0 Å². The minimum Gasteiger partial charge on any atom is -0.356 e. The van der Waals surface area contributed by atoms with E-state index in [0.29, 0.717) is 47.7 Å². The van der Waals surface area contributed by atoms with Crippen LogP contribution in [0.5, 0.6) is 0 Å². The van der Waals surface area contributed by atoms with Gasteiger partial charge in [0.1, 0.15) is 29.2 Å². The highest BCUT2D eigenvalue weighted by Crippen LogP contribution is 2.31. The van der Waals surface area contributed by atoms with Gasteiger partial charge in [0.2, 0.25) is 11.8 Å². The molecule has 1 unspecified atom stereocenters. The largest absolute Gasteiger partial charge is 0.356 e. The summed E-state index contributed by atoms with van der Waals surface area (Å²) in [5, 5.41) is 6.50. The van der Waals surface area contributed by atoms with Crippen LogP contribution in [0.15, 0.2) is 12.5 Å². The number of hydrogen-bond acceptors (Lipinski definition) is 8. The summed E-state index contributed by atoms with van der Waals surface area (Å²) >= 11 is 0. The molecule has 0 aromatic carbocycles. The molecule has 4 rings (SSSR count). The standard InChI is InChI=1S/C26H40N8O2/c1-15(2)33(7)17-8-9-21(19(12-17)30-16(3)35)34-11-10-18(24(34)36)31-23-22-20(28-14-29-23)13-27-25(32-22)26(4,5)6/h13-15,17-19,21H,8-12H2,1-7H3,(H,30,35)(H,28,29,31)/t17?,18-,19+,21-/m0/s1. The first-order valence-corrected chi connectivity index (χ1v) is 13.0. The zero-order valence-electron chi connectivity index (χ0n) is 22.6. The van der Waals surface area contributed by atoms with Crippen molar-refractivity contribution in [2.75, 3.05) is 18.9 Å². The van der Waals surface area contributed by atoms with Crippen molar-refractivity contribution in [3.05, 3.63) is 18.3 Å². The van der Waals surface area contributed by atoms with E-state index in [9.17, 15) is 9.59 Å². The number of aromatic nitrogens is 4. The van der Waals surface area contributed by atoms with Crippen molar-refractivity contribution >= 4 is 28.7 Å². The Morgan fingerprint density at radius 1 is 1.17 bits per heavy atom. The summed E-state index contributed by atoms with van der Waals surface area (Å²) in [5.41, 5.74) is 1.04. The third-order valence-electron chi connectivity index (χ3n) is 7.56. The molecule has 0 radical (unpaired) electrons. The predicted molar refractivity (Wildman–Crippen MR) is 139 cm³/mol. The van der Waals surface area contributed by atoms with E-state index in [-0.39, 0.29) is 29.3 Å². The van der Waals surface area contributed by atoms with E-state index in [1.54, 1.807) is 13.1 Å². The van der Waals surface area contributed by atoms with Crippen LogP contribution < -0.4 is 10.6 Å². The number of nitrogens with one attached hydrogen (secondary N) is 2. The Hall–Kier alpha value is -2.88. The summed E-state index contributed by atoms with van der Waals surface area (Å²) in [6.45, 7) is 12.7. The second-order valence-corrected chi connectivity index (χ2v) is 11.5. The summed E-state index contributed by atoms with van der Waals surface area (Å²) in [6.07, 6.45) is 6.55. The minimum absolute atomic E-state index is 0.0121. The topological polar surface area (TPSA) is 116 Å². The van der Waals surface area contributed by atoms with Crippen molar-refractivity contribution in [1.29, 1.82) is 0 Å². The van der Waals surface area contributed by atoms with Gasteiger partial charge in [0.25, 0.3) is 0 Å². The molecule has 0 bridgehead atoms. The lowest BCUT2D eigenvalue weighted by Crippen LogP contribution is -2.58. The number of carbonyl (C=O) groups excluding carboxylic acids is 2. The molecule has 2 N–H and O–H groups in total. The fraction of sp³-hybridized carbons (Fsp3) is 0.692. The van der Waals surface area contributed by atoms with E-state index in [2.05, 4.69) is 72.2 Å². The van der Waals surface area contributed by atoms with E-state index < -0.39 is 6.04 Å². The lowest BCUT2D eigenvalue weighted by atomic mass is 9.84. The number of hydrogen-bond donors (Lipinski definition) is 2. The summed E-state index contributed by atoms with van der Waals surface area (Å²) < 4.78 is 0. The molecule has 2 amide bonds. The molecule has 2 aromatic heterocycles. The summed E-state index contributed by atoms with van der Waals surface area (Å²) in [6, 6.07) is 0.338. The molecule has 1 aliphatic heterocycles. The lowest BCUT2D eigenvalue weighted by molar-refractivity contribution is -0.133. The number of rotatable bonds is 6. The normalized spacial score (nSPS) is 25.1. The van der Waals surface area contributed by atoms with Crippen LogP contribution in [-0.4, -0.2) is 85.4 Å². The van der Waals surface area contributed by atoms with Crippen molar-refractivity contribution in [3.63, 3.8) is 0 Å². The van der Waals surface area contributed by atoms with Crippen LogP contribution in [0.25, 0.3) is 11.0 Å². The van der Waals surface area contributed by atoms with Gasteiger partial charge in [-0.2, -0.15) is 0 Å². The average molecular weight is 497 g/mol. The van der Waals surface area contributed by atoms with Gasteiger partial charge in [-0.05, 0) is 46.6 Å². The maximum atomic E-state index is 13.6. The molecule has 10 heteroatoms. The highest BCUT2D eigenvalue weighted by Gasteiger charge is 2.43. The quantitative estimate of drug-likeness (QED) is 0.627. The molecule has 1 aliphatic carbocycles. The fourth-order valence-electron chi connectivity index (χ4n) is 5.36. The third kappa shape index (κ3) is 5.43. The first-order chi connectivity index (χ1) is 17.0. The first kappa shape index (κ1) is 26.2. The summed E-state index contributed by atoms with van der Waals surface area (Å²) in [4.78, 5) is 47.9. The zero-order chi connectivity index (χ0) is 26.2. The molecule has 2 aliphatic rings. The van der Waals surface area contributed by atoms with Gasteiger partial charge in [-0.15, -0.1) is 0 Å². The second-order valence-electron chi connectivity index (χ2n) is 11.5. The van der Waals surface area contributed by atoms with Crippen LogP contribution in [0.1, 0.15) is 73.1 Å². The van der Waals surface area contributed by atoms with Gasteiger partial charge in [-0.3, -0.25) is 9.59 Å². The van der Waals surface area contributed by atoms with Crippen molar-refractivity contribution in [1.82, 2.24) is 35.1 Å². The minimum atomic E-state index is -0.398. The molecule has 1 saturated heterocycles. The molecule has 10 nitrogen and oxygen atoms in total. The van der Waals surface area contributed by atoms with E-state index in [4.69, 9.17) is 4.98 Å². The van der Waals surface area contributed by atoms with Crippen LogP contribution in [0.2, 0.25) is 0 Å². The summed E-state index contributed by atoms with van der Waals surface area (Å²) in [7, 11) is 2.14. The Labute approximate surface area is 213 Å². The smallest absolute Gasteiger partial charge is 0.245 e. The van der Waals surface area contributed by atoms with E-state index in [0.717, 1.165) is 19.3 Å². The highest BCUT2D eigenvalue weighted by atomic mass is 16.2. The molecule has 0 spiro atoms. The van der Waals surface area contributed by atoms with Gasteiger partial charge in [-0.25, -0.2) is 19.9 Å². The molecule has 3 heterocycles. The van der Waals surface area contributed by atoms with E-state index >= 15 is 0 Å². The van der Waals surface area contributed by atoms with Gasteiger partial charge in [0, 0.05) is 31.0 Å². The molecular weight excluding hydrogens is 456 g/mol. The van der Waals surface area contributed by atoms with Crippen LogP contribution in [0.3, 0.4) is 0 Å². The lowest BCUT2D eigenvalue weighted by Gasteiger charge is -2.44. The van der Waals surface area contributed by atoms with Crippen LogP contribution >= 0.6 is 0 Å². The Morgan fingerprint density at radius 2 is 1.92 bits per heavy atom. The van der Waals surface area contributed by atoms with Crippen LogP contribution in [0.4, 0.5) is 5.82 Å². The Kier molecular flexibility index (Phi) is 7.45. The number of carbonyl (C=O) groups is 2. The molecule has 36 heavy (non-hydrogen) atoms. The Balaban J connectivity index is 1.52. The Morgan fingerprint density at radius 3 is 2.58 bits per heavy atom. The maximum Gasteiger partial charge on any atom is 0.245 e.